The van der Waals surface area contributed by atoms with Crippen molar-refractivity contribution in [2.45, 2.75) is 50.2 Å². The van der Waals surface area contributed by atoms with Crippen LogP contribution in [0.15, 0.2) is 36.8 Å². The highest BCUT2D eigenvalue weighted by Gasteiger charge is 2.27. The third kappa shape index (κ3) is 9.72. The highest BCUT2D eigenvalue weighted by molar-refractivity contribution is 5.92. The number of hydrogen-bond donors (Lipinski definition) is 8. The smallest absolute Gasteiger partial charge is 0.326 e. The molecule has 13 heteroatoms. The van der Waals surface area contributed by atoms with Crippen LogP contribution in [0.25, 0.3) is 0 Å². The molecule has 13 nitrogen and oxygen atoms in total. The van der Waals surface area contributed by atoms with E-state index in [0.29, 0.717) is 30.6 Å². The fourth-order valence-electron chi connectivity index (χ4n) is 3.35. The Morgan fingerprint density at radius 2 is 1.72 bits per heavy atom. The van der Waals surface area contributed by atoms with Crippen molar-refractivity contribution in [1.82, 2.24) is 25.9 Å². The molecule has 196 valence electrons. The Morgan fingerprint density at radius 3 is 2.33 bits per heavy atom. The SMILES string of the molecule is NCCCC[C@H](N)C(=O)NCC(=O)N[C@@H](Cc1cnc[nH]1)C(=O)N[C@@H](Cc1ccc(O)cc1)C(=O)O. The fourth-order valence-corrected chi connectivity index (χ4v) is 3.35. The van der Waals surface area contributed by atoms with Crippen LogP contribution in [0.5, 0.6) is 5.75 Å². The van der Waals surface area contributed by atoms with Crippen molar-refractivity contribution >= 4 is 23.7 Å². The number of nitrogens with two attached hydrogens (primary N) is 2. The number of nitrogens with zero attached hydrogens (tertiary/aromatic N) is 1. The van der Waals surface area contributed by atoms with Gasteiger partial charge in [-0.05, 0) is 37.1 Å². The number of benzene rings is 1. The summed E-state index contributed by atoms with van der Waals surface area (Å²) in [7, 11) is 0. The average molecular weight is 504 g/mol. The first kappa shape index (κ1) is 28.3. The van der Waals surface area contributed by atoms with Crippen LogP contribution < -0.4 is 27.4 Å². The van der Waals surface area contributed by atoms with E-state index < -0.39 is 48.4 Å². The highest BCUT2D eigenvalue weighted by Crippen LogP contribution is 2.12. The van der Waals surface area contributed by atoms with Crippen LogP contribution in [0, 0.1) is 0 Å². The molecule has 2 aromatic rings. The van der Waals surface area contributed by atoms with Gasteiger partial charge in [-0.15, -0.1) is 0 Å². The number of phenolic OH excluding ortho intramolecular Hbond substituents is 1. The van der Waals surface area contributed by atoms with Crippen LogP contribution in [0.4, 0.5) is 0 Å². The van der Waals surface area contributed by atoms with E-state index in [9.17, 15) is 29.4 Å². The molecule has 0 aliphatic rings. The maximum atomic E-state index is 13.0. The van der Waals surface area contributed by atoms with Gasteiger partial charge in [0, 0.05) is 24.7 Å². The Labute approximate surface area is 208 Å². The quantitative estimate of drug-likeness (QED) is 0.132. The first-order valence-electron chi connectivity index (χ1n) is 11.5. The first-order chi connectivity index (χ1) is 17.2. The third-order valence-electron chi connectivity index (χ3n) is 5.35. The molecule has 0 spiro atoms. The predicted octanol–water partition coefficient (Wildman–Crippen LogP) is -1.47. The molecule has 1 aromatic carbocycles. The molecular formula is C23H33N7O6. The maximum Gasteiger partial charge on any atom is 0.326 e. The van der Waals surface area contributed by atoms with Crippen LogP contribution in [-0.2, 0) is 32.0 Å². The molecule has 1 heterocycles. The molecule has 0 bridgehead atoms. The zero-order chi connectivity index (χ0) is 26.5. The number of carboxylic acid groups (broad SMARTS) is 1. The van der Waals surface area contributed by atoms with E-state index in [-0.39, 0.29) is 18.6 Å². The summed E-state index contributed by atoms with van der Waals surface area (Å²) in [6.45, 7) is 0.0836. The van der Waals surface area contributed by atoms with Crippen LogP contribution in [0.3, 0.4) is 0 Å². The number of aromatic hydroxyl groups is 1. The van der Waals surface area contributed by atoms with Gasteiger partial charge in [-0.3, -0.25) is 14.4 Å². The predicted molar refractivity (Wildman–Crippen MR) is 129 cm³/mol. The molecule has 10 N–H and O–H groups in total. The van der Waals surface area contributed by atoms with E-state index in [1.165, 1.54) is 24.7 Å². The first-order valence-corrected chi connectivity index (χ1v) is 11.5. The van der Waals surface area contributed by atoms with Gasteiger partial charge in [-0.2, -0.15) is 0 Å². The average Bonchev–Trinajstić information content (AvgIpc) is 3.36. The van der Waals surface area contributed by atoms with Crippen molar-refractivity contribution in [3.8, 4) is 5.75 Å². The summed E-state index contributed by atoms with van der Waals surface area (Å²) in [5, 5.41) is 26.4. The normalized spacial score (nSPS) is 13.3. The molecule has 0 aliphatic heterocycles. The summed E-state index contributed by atoms with van der Waals surface area (Å²) in [6, 6.07) is 2.70. The Bertz CT molecular complexity index is 997. The minimum atomic E-state index is -1.28. The molecule has 0 saturated carbocycles. The lowest BCUT2D eigenvalue weighted by atomic mass is 10.0. The second kappa shape index (κ2) is 14.4. The van der Waals surface area contributed by atoms with Crippen molar-refractivity contribution in [2.24, 2.45) is 11.5 Å². The summed E-state index contributed by atoms with van der Waals surface area (Å²) in [6.07, 6.45) is 4.68. The van der Waals surface area contributed by atoms with E-state index in [4.69, 9.17) is 11.5 Å². The number of carbonyl (C=O) groups is 4. The summed E-state index contributed by atoms with van der Waals surface area (Å²) in [5.74, 6) is -3.12. The number of nitrogens with one attached hydrogen (secondary N) is 4. The van der Waals surface area contributed by atoms with E-state index >= 15 is 0 Å². The van der Waals surface area contributed by atoms with Crippen molar-refractivity contribution in [3.05, 3.63) is 48.0 Å². The Morgan fingerprint density at radius 1 is 1.00 bits per heavy atom. The monoisotopic (exact) mass is 503 g/mol. The molecule has 2 rings (SSSR count). The standard InChI is InChI=1S/C23H33N7O6/c24-8-2-1-3-17(25)21(33)27-12-20(32)29-18(10-15-11-26-13-28-15)22(34)30-19(23(35)36)9-14-4-6-16(31)7-5-14/h4-7,11,13,17-19,31H,1-3,8-10,12,24-25H2,(H,26,28)(H,27,33)(H,29,32)(H,30,34)(H,35,36)/t17-,18-,19-/m0/s1. The minimum absolute atomic E-state index is 0.00959. The number of phenols is 1. The number of H-pyrrole nitrogens is 1. The van der Waals surface area contributed by atoms with Crippen molar-refractivity contribution < 1.29 is 29.4 Å². The molecule has 0 saturated heterocycles. The van der Waals surface area contributed by atoms with E-state index in [2.05, 4.69) is 25.9 Å². The second-order valence-electron chi connectivity index (χ2n) is 8.28. The molecule has 0 radical (unpaired) electrons. The van der Waals surface area contributed by atoms with Gasteiger partial charge in [-0.25, -0.2) is 9.78 Å². The number of imidazole rings is 1. The molecule has 3 atom stereocenters. The van der Waals surface area contributed by atoms with Gasteiger partial charge >= 0.3 is 5.97 Å². The number of aromatic nitrogens is 2. The van der Waals surface area contributed by atoms with E-state index in [0.717, 1.165) is 6.42 Å². The van der Waals surface area contributed by atoms with Gasteiger partial charge in [0.1, 0.15) is 17.8 Å². The molecule has 1 aromatic heterocycles. The summed E-state index contributed by atoms with van der Waals surface area (Å²) in [4.78, 5) is 56.1. The highest BCUT2D eigenvalue weighted by atomic mass is 16.4. The zero-order valence-corrected chi connectivity index (χ0v) is 19.8. The topological polar surface area (TPSA) is 226 Å². The Hall–Kier alpha value is -3.97. The number of carbonyl (C=O) groups excluding carboxylic acids is 3. The van der Waals surface area contributed by atoms with E-state index in [1.54, 1.807) is 12.1 Å². The van der Waals surface area contributed by atoms with Gasteiger partial charge in [0.15, 0.2) is 0 Å². The molecule has 36 heavy (non-hydrogen) atoms. The molecule has 0 aliphatic carbocycles. The fraction of sp³-hybridized carbons (Fsp3) is 0.435. The van der Waals surface area contributed by atoms with Crippen LogP contribution in [0.1, 0.15) is 30.5 Å². The number of aliphatic carboxylic acids is 1. The Kier molecular flexibility index (Phi) is 11.3. The summed E-state index contributed by atoms with van der Waals surface area (Å²) >= 11 is 0. The Balaban J connectivity index is 2.00. The molecule has 3 amide bonds. The third-order valence-corrected chi connectivity index (χ3v) is 5.35. The molecule has 0 fully saturated rings. The number of amides is 3. The van der Waals surface area contributed by atoms with E-state index in [1.807, 2.05) is 0 Å². The van der Waals surface area contributed by atoms with Gasteiger partial charge in [0.2, 0.25) is 17.7 Å². The van der Waals surface area contributed by atoms with Gasteiger partial charge in [0.05, 0.1) is 18.9 Å². The lowest BCUT2D eigenvalue weighted by molar-refractivity contribution is -0.142. The lowest BCUT2D eigenvalue weighted by Crippen LogP contribution is -2.54. The molecular weight excluding hydrogens is 470 g/mol. The van der Waals surface area contributed by atoms with Crippen LogP contribution in [0.2, 0.25) is 0 Å². The summed E-state index contributed by atoms with van der Waals surface area (Å²) in [5.41, 5.74) is 12.4. The van der Waals surface area contributed by atoms with Gasteiger partial charge in [-0.1, -0.05) is 18.6 Å². The lowest BCUT2D eigenvalue weighted by Gasteiger charge is -2.21. The maximum absolute atomic E-state index is 13.0. The van der Waals surface area contributed by atoms with Crippen molar-refractivity contribution in [1.29, 1.82) is 0 Å². The van der Waals surface area contributed by atoms with Crippen LogP contribution >= 0.6 is 0 Å². The zero-order valence-electron chi connectivity index (χ0n) is 19.8. The van der Waals surface area contributed by atoms with Crippen molar-refractivity contribution in [3.63, 3.8) is 0 Å². The number of rotatable bonds is 15. The van der Waals surface area contributed by atoms with Crippen molar-refractivity contribution in [2.75, 3.05) is 13.1 Å². The summed E-state index contributed by atoms with van der Waals surface area (Å²) < 4.78 is 0. The number of hydrogen-bond acceptors (Lipinski definition) is 8. The second-order valence-corrected chi connectivity index (χ2v) is 8.28. The number of unbranched alkanes of at least 4 members (excludes halogenated alkanes) is 1. The number of carboxylic acids is 1. The molecule has 0 unspecified atom stereocenters. The van der Waals surface area contributed by atoms with Crippen LogP contribution in [-0.4, -0.2) is 75.1 Å². The number of aromatic amines is 1. The largest absolute Gasteiger partial charge is 0.508 e. The van der Waals surface area contributed by atoms with Gasteiger partial charge in [0.25, 0.3) is 0 Å². The van der Waals surface area contributed by atoms with Gasteiger partial charge < -0.3 is 42.6 Å². The minimum Gasteiger partial charge on any atom is -0.508 e.